The summed E-state index contributed by atoms with van der Waals surface area (Å²) < 4.78 is 2.58. The van der Waals surface area contributed by atoms with E-state index in [4.69, 9.17) is 0 Å². The van der Waals surface area contributed by atoms with Gasteiger partial charge < -0.3 is 5.32 Å². The number of nitrogens with one attached hydrogen (secondary N) is 1. The molecule has 2 heterocycles. The summed E-state index contributed by atoms with van der Waals surface area (Å²) in [6.07, 6.45) is 3.98. The van der Waals surface area contributed by atoms with Crippen LogP contribution in [0.5, 0.6) is 0 Å². The van der Waals surface area contributed by atoms with E-state index in [-0.39, 0.29) is 11.2 Å². The standard InChI is InChI=1S/C14H22BrN3O/c1-4-18-12(11(15)9-17-18)13(19)14(2,3)10-6-5-7-16-8-10/h9-10,16H,4-8H2,1-3H3. The molecule has 1 unspecified atom stereocenters. The van der Waals surface area contributed by atoms with E-state index in [0.717, 1.165) is 30.4 Å². The van der Waals surface area contributed by atoms with Crippen LogP contribution in [0.4, 0.5) is 0 Å². The predicted octanol–water partition coefficient (Wildman–Crippen LogP) is 2.87. The van der Waals surface area contributed by atoms with Gasteiger partial charge in [-0.05, 0) is 54.7 Å². The van der Waals surface area contributed by atoms with Crippen molar-refractivity contribution in [2.24, 2.45) is 11.3 Å². The number of nitrogens with zero attached hydrogens (tertiary/aromatic N) is 2. The molecule has 19 heavy (non-hydrogen) atoms. The molecule has 0 bridgehead atoms. The van der Waals surface area contributed by atoms with Crippen LogP contribution < -0.4 is 5.32 Å². The molecule has 106 valence electrons. The lowest BCUT2D eigenvalue weighted by atomic mass is 9.71. The molecule has 1 atom stereocenters. The lowest BCUT2D eigenvalue weighted by molar-refractivity contribution is 0.0695. The quantitative estimate of drug-likeness (QED) is 0.865. The zero-order valence-electron chi connectivity index (χ0n) is 11.9. The van der Waals surface area contributed by atoms with Crippen molar-refractivity contribution in [1.82, 2.24) is 15.1 Å². The summed E-state index contributed by atoms with van der Waals surface area (Å²) in [5.74, 6) is 0.577. The molecule has 0 saturated carbocycles. The fourth-order valence-electron chi connectivity index (χ4n) is 2.79. The van der Waals surface area contributed by atoms with Gasteiger partial charge in [0, 0.05) is 12.0 Å². The molecular weight excluding hydrogens is 306 g/mol. The van der Waals surface area contributed by atoms with Gasteiger partial charge in [0.15, 0.2) is 5.78 Å². The summed E-state index contributed by atoms with van der Waals surface area (Å²) in [5.41, 5.74) is 0.348. The van der Waals surface area contributed by atoms with Gasteiger partial charge in [0.05, 0.1) is 10.7 Å². The van der Waals surface area contributed by atoms with Gasteiger partial charge in [0.25, 0.3) is 0 Å². The van der Waals surface area contributed by atoms with Crippen molar-refractivity contribution < 1.29 is 4.79 Å². The van der Waals surface area contributed by atoms with Crippen molar-refractivity contribution in [1.29, 1.82) is 0 Å². The number of carbonyl (C=O) groups is 1. The van der Waals surface area contributed by atoms with Gasteiger partial charge in [-0.1, -0.05) is 13.8 Å². The minimum Gasteiger partial charge on any atom is -0.316 e. The van der Waals surface area contributed by atoms with E-state index in [0.29, 0.717) is 18.2 Å². The van der Waals surface area contributed by atoms with Crippen molar-refractivity contribution in [3.8, 4) is 0 Å². The van der Waals surface area contributed by atoms with Crippen LogP contribution in [0.1, 0.15) is 44.1 Å². The van der Waals surface area contributed by atoms with E-state index >= 15 is 0 Å². The minimum atomic E-state index is -0.358. The molecule has 0 radical (unpaired) electrons. The second kappa shape index (κ2) is 5.75. The second-order valence-electron chi connectivity index (χ2n) is 5.75. The largest absolute Gasteiger partial charge is 0.316 e. The molecule has 1 fully saturated rings. The van der Waals surface area contributed by atoms with Gasteiger partial charge in [-0.2, -0.15) is 5.10 Å². The number of carbonyl (C=O) groups excluding carboxylic acids is 1. The zero-order valence-corrected chi connectivity index (χ0v) is 13.5. The Hall–Kier alpha value is -0.680. The maximum absolute atomic E-state index is 12.9. The number of aryl methyl sites for hydroxylation is 1. The molecule has 0 spiro atoms. The first kappa shape index (κ1) is 14.7. The van der Waals surface area contributed by atoms with E-state index < -0.39 is 0 Å². The number of ketones is 1. The number of halogens is 1. The summed E-state index contributed by atoms with van der Waals surface area (Å²) >= 11 is 3.46. The van der Waals surface area contributed by atoms with Gasteiger partial charge in [-0.3, -0.25) is 9.48 Å². The third kappa shape index (κ3) is 2.77. The summed E-state index contributed by atoms with van der Waals surface area (Å²) in [6, 6.07) is 0. The summed E-state index contributed by atoms with van der Waals surface area (Å²) in [6.45, 7) is 8.84. The fraction of sp³-hybridized carbons (Fsp3) is 0.714. The number of hydrogen-bond donors (Lipinski definition) is 1. The predicted molar refractivity (Wildman–Crippen MR) is 79.3 cm³/mol. The third-order valence-corrected chi connectivity index (χ3v) is 4.79. The molecule has 5 heteroatoms. The highest BCUT2D eigenvalue weighted by Crippen LogP contribution is 2.36. The topological polar surface area (TPSA) is 46.9 Å². The average Bonchev–Trinajstić information content (AvgIpc) is 2.79. The smallest absolute Gasteiger partial charge is 0.187 e. The van der Waals surface area contributed by atoms with Crippen LogP contribution in [0.3, 0.4) is 0 Å². The van der Waals surface area contributed by atoms with Crippen molar-refractivity contribution >= 4 is 21.7 Å². The van der Waals surface area contributed by atoms with E-state index in [9.17, 15) is 4.79 Å². The Labute approximate surface area is 123 Å². The van der Waals surface area contributed by atoms with Crippen molar-refractivity contribution in [3.05, 3.63) is 16.4 Å². The normalized spacial score (nSPS) is 20.5. The molecule has 1 saturated heterocycles. The Balaban J connectivity index is 2.28. The third-order valence-electron chi connectivity index (χ3n) is 4.21. The van der Waals surface area contributed by atoms with E-state index in [2.05, 4.69) is 40.2 Å². The molecular formula is C14H22BrN3O. The van der Waals surface area contributed by atoms with E-state index in [1.54, 1.807) is 10.9 Å². The van der Waals surface area contributed by atoms with Gasteiger partial charge in [0.1, 0.15) is 5.69 Å². The highest BCUT2D eigenvalue weighted by atomic mass is 79.9. The monoisotopic (exact) mass is 327 g/mol. The highest BCUT2D eigenvalue weighted by molar-refractivity contribution is 9.10. The maximum Gasteiger partial charge on any atom is 0.187 e. The van der Waals surface area contributed by atoms with E-state index in [1.165, 1.54) is 0 Å². The van der Waals surface area contributed by atoms with Crippen LogP contribution in [-0.4, -0.2) is 28.7 Å². The molecule has 4 nitrogen and oxygen atoms in total. The first-order valence-electron chi connectivity index (χ1n) is 6.95. The Kier molecular flexibility index (Phi) is 4.46. The Morgan fingerprint density at radius 2 is 2.37 bits per heavy atom. The van der Waals surface area contributed by atoms with Gasteiger partial charge >= 0.3 is 0 Å². The molecule has 1 aromatic rings. The van der Waals surface area contributed by atoms with Crippen molar-refractivity contribution in [2.75, 3.05) is 13.1 Å². The lowest BCUT2D eigenvalue weighted by Gasteiger charge is -2.36. The summed E-state index contributed by atoms with van der Waals surface area (Å²) in [5, 5.41) is 7.65. The van der Waals surface area contributed by atoms with Crippen molar-refractivity contribution in [2.45, 2.75) is 40.2 Å². The zero-order chi connectivity index (χ0) is 14.0. The molecule has 2 rings (SSSR count). The number of aromatic nitrogens is 2. The first-order chi connectivity index (χ1) is 8.98. The fourth-order valence-corrected chi connectivity index (χ4v) is 3.26. The molecule has 0 amide bonds. The van der Waals surface area contributed by atoms with E-state index in [1.807, 2.05) is 6.92 Å². The van der Waals surface area contributed by atoms with Crippen LogP contribution in [-0.2, 0) is 6.54 Å². The molecule has 1 aromatic heterocycles. The summed E-state index contributed by atoms with van der Waals surface area (Å²) in [7, 11) is 0. The highest BCUT2D eigenvalue weighted by Gasteiger charge is 2.39. The number of piperidine rings is 1. The number of Topliss-reactive ketones (excluding diaryl/α,β-unsaturated/α-hetero) is 1. The summed E-state index contributed by atoms with van der Waals surface area (Å²) in [4.78, 5) is 12.9. The minimum absolute atomic E-state index is 0.187. The Bertz CT molecular complexity index is 461. The van der Waals surface area contributed by atoms with Gasteiger partial charge in [-0.25, -0.2) is 0 Å². The molecule has 1 N–H and O–H groups in total. The van der Waals surface area contributed by atoms with Gasteiger partial charge in [0.2, 0.25) is 0 Å². The SMILES string of the molecule is CCn1ncc(Br)c1C(=O)C(C)(C)C1CCCNC1. The van der Waals surface area contributed by atoms with Crippen LogP contribution in [0.2, 0.25) is 0 Å². The molecule has 0 aliphatic carbocycles. The molecule has 1 aliphatic heterocycles. The Morgan fingerprint density at radius 1 is 1.63 bits per heavy atom. The number of hydrogen-bond acceptors (Lipinski definition) is 3. The Morgan fingerprint density at radius 3 is 2.95 bits per heavy atom. The van der Waals surface area contributed by atoms with Crippen molar-refractivity contribution in [3.63, 3.8) is 0 Å². The number of rotatable bonds is 4. The average molecular weight is 328 g/mol. The van der Waals surface area contributed by atoms with Gasteiger partial charge in [-0.15, -0.1) is 0 Å². The maximum atomic E-state index is 12.9. The lowest BCUT2D eigenvalue weighted by Crippen LogP contribution is -2.43. The second-order valence-corrected chi connectivity index (χ2v) is 6.61. The molecule has 1 aliphatic rings. The first-order valence-corrected chi connectivity index (χ1v) is 7.74. The van der Waals surface area contributed by atoms with Crippen LogP contribution in [0.15, 0.2) is 10.7 Å². The van der Waals surface area contributed by atoms with Crippen LogP contribution in [0, 0.1) is 11.3 Å². The molecule has 0 aromatic carbocycles. The van der Waals surface area contributed by atoms with Crippen LogP contribution in [0.25, 0.3) is 0 Å². The van der Waals surface area contributed by atoms with Crippen LogP contribution >= 0.6 is 15.9 Å².